The van der Waals surface area contributed by atoms with Crippen molar-refractivity contribution in [1.82, 2.24) is 4.57 Å². The van der Waals surface area contributed by atoms with Crippen LogP contribution in [0.4, 0.5) is 5.69 Å². The van der Waals surface area contributed by atoms with Crippen molar-refractivity contribution in [1.29, 1.82) is 5.26 Å². The third-order valence-electron chi connectivity index (χ3n) is 4.59. The summed E-state index contributed by atoms with van der Waals surface area (Å²) in [5, 5.41) is 13.0. The van der Waals surface area contributed by atoms with Gasteiger partial charge in [0, 0.05) is 27.8 Å². The van der Waals surface area contributed by atoms with Crippen LogP contribution in [0.1, 0.15) is 22.5 Å². The summed E-state index contributed by atoms with van der Waals surface area (Å²) in [7, 11) is 0. The first-order valence-corrected chi connectivity index (χ1v) is 9.22. The van der Waals surface area contributed by atoms with Gasteiger partial charge in [0.2, 0.25) is 0 Å². The van der Waals surface area contributed by atoms with Gasteiger partial charge in [0.15, 0.2) is 0 Å². The molecule has 1 heterocycles. The van der Waals surface area contributed by atoms with E-state index >= 15 is 0 Å². The highest BCUT2D eigenvalue weighted by atomic mass is 35.5. The number of hydrogen-bond donors (Lipinski definition) is 1. The van der Waals surface area contributed by atoms with Crippen LogP contribution < -0.4 is 5.32 Å². The summed E-state index contributed by atoms with van der Waals surface area (Å²) in [4.78, 5) is 12.6. The van der Waals surface area contributed by atoms with Gasteiger partial charge in [-0.2, -0.15) is 5.26 Å². The minimum Gasteiger partial charge on any atom is -0.321 e. The Morgan fingerprint density at radius 3 is 2.54 bits per heavy atom. The lowest BCUT2D eigenvalue weighted by Gasteiger charge is -2.10. The highest BCUT2D eigenvalue weighted by Crippen LogP contribution is 2.25. The van der Waals surface area contributed by atoms with Crippen molar-refractivity contribution in [3.8, 4) is 11.8 Å². The molecule has 4 nitrogen and oxygen atoms in total. The Morgan fingerprint density at radius 1 is 1.11 bits per heavy atom. The molecule has 5 heteroatoms. The van der Waals surface area contributed by atoms with E-state index in [1.165, 1.54) is 0 Å². The van der Waals surface area contributed by atoms with Gasteiger partial charge in [-0.25, -0.2) is 0 Å². The zero-order chi connectivity index (χ0) is 20.3. The molecule has 1 N–H and O–H groups in total. The molecular formula is C23H20ClN3O. The van der Waals surface area contributed by atoms with Crippen LogP contribution >= 0.6 is 11.6 Å². The van der Waals surface area contributed by atoms with Gasteiger partial charge in [0.05, 0.1) is 0 Å². The Bertz CT molecular complexity index is 1120. The number of nitriles is 1. The molecule has 1 amide bonds. The first-order chi connectivity index (χ1) is 13.4. The van der Waals surface area contributed by atoms with Crippen molar-refractivity contribution in [2.24, 2.45) is 0 Å². The molecule has 0 atom stereocenters. The lowest BCUT2D eigenvalue weighted by atomic mass is 10.1. The predicted octanol–water partition coefficient (Wildman–Crippen LogP) is 5.60. The number of nitrogens with zero attached hydrogens (tertiary/aromatic N) is 2. The molecule has 28 heavy (non-hydrogen) atoms. The summed E-state index contributed by atoms with van der Waals surface area (Å²) in [6.07, 6.45) is 1.62. The molecule has 1 aromatic heterocycles. The minimum absolute atomic E-state index is 0.0506. The van der Waals surface area contributed by atoms with Gasteiger partial charge in [0.25, 0.3) is 5.91 Å². The Hall–Kier alpha value is -3.29. The van der Waals surface area contributed by atoms with E-state index in [1.807, 2.05) is 86.0 Å². The Morgan fingerprint density at radius 2 is 1.86 bits per heavy atom. The monoisotopic (exact) mass is 389 g/mol. The normalized spacial score (nSPS) is 11.2. The molecule has 0 saturated heterocycles. The quantitative estimate of drug-likeness (QED) is 0.466. The second-order valence-corrected chi connectivity index (χ2v) is 7.02. The van der Waals surface area contributed by atoms with Crippen LogP contribution in [0.3, 0.4) is 0 Å². The van der Waals surface area contributed by atoms with Gasteiger partial charge >= 0.3 is 0 Å². The number of nitrogens with one attached hydrogen (secondary N) is 1. The second-order valence-electron chi connectivity index (χ2n) is 6.58. The fourth-order valence-corrected chi connectivity index (χ4v) is 3.34. The summed E-state index contributed by atoms with van der Waals surface area (Å²) in [5.74, 6) is -0.427. The number of carbonyl (C=O) groups is 1. The average Bonchev–Trinajstić information content (AvgIpc) is 2.94. The number of aryl methyl sites for hydroxylation is 2. The van der Waals surface area contributed by atoms with Gasteiger partial charge in [-0.05, 0) is 68.3 Å². The molecule has 140 valence electrons. The fraction of sp³-hybridized carbons (Fsp3) is 0.130. The van der Waals surface area contributed by atoms with Crippen LogP contribution in [0.5, 0.6) is 0 Å². The zero-order valence-electron chi connectivity index (χ0n) is 16.0. The van der Waals surface area contributed by atoms with Gasteiger partial charge in [-0.1, -0.05) is 35.9 Å². The van der Waals surface area contributed by atoms with Crippen molar-refractivity contribution < 1.29 is 4.79 Å². The molecule has 0 saturated carbocycles. The summed E-state index contributed by atoms with van der Waals surface area (Å²) >= 11 is 6.12. The summed E-state index contributed by atoms with van der Waals surface area (Å²) < 4.78 is 2.05. The molecular weight excluding hydrogens is 370 g/mol. The molecule has 0 radical (unpaired) electrons. The third kappa shape index (κ3) is 4.00. The van der Waals surface area contributed by atoms with E-state index < -0.39 is 5.91 Å². The standard InChI is InChI=1S/C23H20ClN3O/c1-15-7-4-5-10-22(15)26-23(28)19(14-25)12-18-11-16(2)27(17(18)3)21-9-6-8-20(24)13-21/h4-13H,1-3H3,(H,26,28). The molecule has 3 aromatic rings. The Balaban J connectivity index is 1.95. The first kappa shape index (κ1) is 19.5. The lowest BCUT2D eigenvalue weighted by Crippen LogP contribution is -2.14. The average molecular weight is 390 g/mol. The van der Waals surface area contributed by atoms with E-state index in [9.17, 15) is 10.1 Å². The number of benzene rings is 2. The molecule has 0 fully saturated rings. The smallest absolute Gasteiger partial charge is 0.266 e. The van der Waals surface area contributed by atoms with Crippen LogP contribution in [0, 0.1) is 32.1 Å². The number of anilines is 1. The van der Waals surface area contributed by atoms with E-state index in [2.05, 4.69) is 5.32 Å². The number of carbonyl (C=O) groups excluding carboxylic acids is 1. The van der Waals surface area contributed by atoms with E-state index in [4.69, 9.17) is 11.6 Å². The van der Waals surface area contributed by atoms with Crippen molar-refractivity contribution in [2.45, 2.75) is 20.8 Å². The van der Waals surface area contributed by atoms with Crippen molar-refractivity contribution in [2.75, 3.05) is 5.32 Å². The van der Waals surface area contributed by atoms with Crippen LogP contribution in [-0.4, -0.2) is 10.5 Å². The lowest BCUT2D eigenvalue weighted by molar-refractivity contribution is -0.112. The van der Waals surface area contributed by atoms with Gasteiger partial charge in [-0.3, -0.25) is 4.79 Å². The highest BCUT2D eigenvalue weighted by molar-refractivity contribution is 6.30. The van der Waals surface area contributed by atoms with Crippen LogP contribution in [0.2, 0.25) is 5.02 Å². The number of rotatable bonds is 4. The summed E-state index contributed by atoms with van der Waals surface area (Å²) in [5.41, 5.74) is 5.35. The molecule has 2 aromatic carbocycles. The van der Waals surface area contributed by atoms with Crippen molar-refractivity contribution in [3.05, 3.63) is 87.7 Å². The molecule has 0 aliphatic carbocycles. The maximum atomic E-state index is 12.6. The second kappa shape index (κ2) is 8.16. The number of para-hydroxylation sites is 1. The Kier molecular flexibility index (Phi) is 5.67. The highest BCUT2D eigenvalue weighted by Gasteiger charge is 2.14. The van der Waals surface area contributed by atoms with Crippen molar-refractivity contribution in [3.63, 3.8) is 0 Å². The molecule has 0 bridgehead atoms. The molecule has 0 unspecified atom stereocenters. The first-order valence-electron chi connectivity index (χ1n) is 8.84. The molecule has 3 rings (SSSR count). The summed E-state index contributed by atoms with van der Waals surface area (Å²) in [6, 6.07) is 19.0. The number of hydrogen-bond acceptors (Lipinski definition) is 2. The largest absolute Gasteiger partial charge is 0.321 e. The number of aromatic nitrogens is 1. The van der Waals surface area contributed by atoms with Crippen molar-refractivity contribution >= 4 is 29.3 Å². The maximum absolute atomic E-state index is 12.6. The van der Waals surface area contributed by atoms with Gasteiger partial charge in [-0.15, -0.1) is 0 Å². The van der Waals surface area contributed by atoms with Crippen LogP contribution in [0.25, 0.3) is 11.8 Å². The Labute approximate surface area is 169 Å². The number of amides is 1. The van der Waals surface area contributed by atoms with E-state index in [0.717, 1.165) is 28.2 Å². The fourth-order valence-electron chi connectivity index (χ4n) is 3.15. The number of halogens is 1. The predicted molar refractivity (Wildman–Crippen MR) is 114 cm³/mol. The molecule has 0 aliphatic heterocycles. The van der Waals surface area contributed by atoms with E-state index in [0.29, 0.717) is 10.7 Å². The van der Waals surface area contributed by atoms with Crippen LogP contribution in [0.15, 0.2) is 60.2 Å². The molecule has 0 aliphatic rings. The minimum atomic E-state index is -0.427. The SMILES string of the molecule is Cc1ccccc1NC(=O)C(C#N)=Cc1cc(C)n(-c2cccc(Cl)c2)c1C. The summed E-state index contributed by atoms with van der Waals surface area (Å²) in [6.45, 7) is 5.84. The van der Waals surface area contributed by atoms with Gasteiger partial charge in [0.1, 0.15) is 11.6 Å². The van der Waals surface area contributed by atoms with Crippen LogP contribution in [-0.2, 0) is 4.79 Å². The molecule has 0 spiro atoms. The maximum Gasteiger partial charge on any atom is 0.266 e. The third-order valence-corrected chi connectivity index (χ3v) is 4.83. The van der Waals surface area contributed by atoms with Gasteiger partial charge < -0.3 is 9.88 Å². The topological polar surface area (TPSA) is 57.8 Å². The zero-order valence-corrected chi connectivity index (χ0v) is 16.7. The van der Waals surface area contributed by atoms with E-state index in [1.54, 1.807) is 6.08 Å². The van der Waals surface area contributed by atoms with E-state index in [-0.39, 0.29) is 5.57 Å².